The molecule has 0 aromatic carbocycles. The van der Waals surface area contributed by atoms with Crippen molar-refractivity contribution in [3.8, 4) is 0 Å². The Hall–Kier alpha value is -1.55. The lowest BCUT2D eigenvalue weighted by atomic mass is 10.3. The predicted molar refractivity (Wildman–Crippen MR) is 86.3 cm³/mol. The van der Waals surface area contributed by atoms with Crippen LogP contribution in [0.15, 0.2) is 35.5 Å². The molecule has 0 aliphatic heterocycles. The van der Waals surface area contributed by atoms with Gasteiger partial charge in [0.25, 0.3) is 0 Å². The van der Waals surface area contributed by atoms with Crippen molar-refractivity contribution >= 4 is 17.6 Å². The summed E-state index contributed by atoms with van der Waals surface area (Å²) in [5.41, 5.74) is 3.56. The van der Waals surface area contributed by atoms with Gasteiger partial charge < -0.3 is 5.32 Å². The first-order valence-corrected chi connectivity index (χ1v) is 7.93. The smallest absolute Gasteiger partial charge is 0.125 e. The topological polar surface area (TPSA) is 37.8 Å². The number of anilines is 1. The Morgan fingerprint density at radius 1 is 1.20 bits per heavy atom. The van der Waals surface area contributed by atoms with E-state index in [0.717, 1.165) is 35.3 Å². The fourth-order valence-corrected chi connectivity index (χ4v) is 2.87. The van der Waals surface area contributed by atoms with E-state index in [2.05, 4.69) is 47.3 Å². The molecule has 0 unspecified atom stereocenters. The number of hydrogen-bond acceptors (Lipinski definition) is 4. The van der Waals surface area contributed by atoms with Crippen molar-refractivity contribution in [3.63, 3.8) is 0 Å². The molecule has 0 aliphatic carbocycles. The van der Waals surface area contributed by atoms with Crippen LogP contribution in [-0.4, -0.2) is 16.5 Å². The van der Waals surface area contributed by atoms with E-state index in [1.807, 2.05) is 19.2 Å². The van der Waals surface area contributed by atoms with Gasteiger partial charge in [0, 0.05) is 24.2 Å². The Morgan fingerprint density at radius 2 is 2.05 bits per heavy atom. The van der Waals surface area contributed by atoms with E-state index >= 15 is 0 Å². The van der Waals surface area contributed by atoms with Crippen LogP contribution in [0.4, 0.5) is 5.82 Å². The second-order valence-corrected chi connectivity index (χ2v) is 5.89. The summed E-state index contributed by atoms with van der Waals surface area (Å²) in [6, 6.07) is 8.39. The molecular weight excluding hydrogens is 266 g/mol. The van der Waals surface area contributed by atoms with Gasteiger partial charge in [-0.25, -0.2) is 9.97 Å². The average Bonchev–Trinajstić information content (AvgIpc) is 2.43. The minimum Gasteiger partial charge on any atom is -0.370 e. The zero-order chi connectivity index (χ0) is 14.4. The molecule has 0 saturated carbocycles. The first kappa shape index (κ1) is 14.9. The summed E-state index contributed by atoms with van der Waals surface area (Å²) in [6.45, 7) is 7.25. The molecule has 1 N–H and O–H groups in total. The van der Waals surface area contributed by atoms with E-state index in [1.54, 1.807) is 11.8 Å². The van der Waals surface area contributed by atoms with E-state index in [4.69, 9.17) is 0 Å². The van der Waals surface area contributed by atoms with Gasteiger partial charge in [0.05, 0.1) is 5.03 Å². The van der Waals surface area contributed by atoms with Crippen molar-refractivity contribution in [2.24, 2.45) is 0 Å². The molecule has 0 atom stereocenters. The lowest BCUT2D eigenvalue weighted by Crippen LogP contribution is -2.01. The summed E-state index contributed by atoms with van der Waals surface area (Å²) in [6.07, 6.45) is 3.05. The highest BCUT2D eigenvalue weighted by Gasteiger charge is 2.01. The van der Waals surface area contributed by atoms with E-state index in [-0.39, 0.29) is 0 Å². The molecule has 2 heterocycles. The summed E-state index contributed by atoms with van der Waals surface area (Å²) >= 11 is 1.75. The zero-order valence-electron chi connectivity index (χ0n) is 12.3. The fraction of sp³-hybridized carbons (Fsp3) is 0.375. The van der Waals surface area contributed by atoms with Crippen LogP contribution < -0.4 is 5.32 Å². The summed E-state index contributed by atoms with van der Waals surface area (Å²) in [5, 5.41) is 4.36. The Kier molecular flexibility index (Phi) is 5.41. The average molecular weight is 287 g/mol. The monoisotopic (exact) mass is 287 g/mol. The van der Waals surface area contributed by atoms with E-state index in [0.29, 0.717) is 0 Å². The molecule has 0 spiro atoms. The van der Waals surface area contributed by atoms with E-state index in [9.17, 15) is 0 Å². The van der Waals surface area contributed by atoms with Crippen LogP contribution in [0.1, 0.15) is 30.2 Å². The van der Waals surface area contributed by atoms with Crippen molar-refractivity contribution in [1.82, 2.24) is 9.97 Å². The van der Waals surface area contributed by atoms with Crippen LogP contribution in [0.3, 0.4) is 0 Å². The van der Waals surface area contributed by atoms with Crippen LogP contribution >= 0.6 is 11.8 Å². The second-order valence-electron chi connectivity index (χ2n) is 4.89. The Labute approximate surface area is 125 Å². The summed E-state index contributed by atoms with van der Waals surface area (Å²) < 4.78 is 0. The lowest BCUT2D eigenvalue weighted by Gasteiger charge is -2.06. The molecule has 3 nitrogen and oxygen atoms in total. The van der Waals surface area contributed by atoms with Gasteiger partial charge in [-0.3, -0.25) is 0 Å². The van der Waals surface area contributed by atoms with Gasteiger partial charge in [-0.2, -0.15) is 0 Å². The molecule has 20 heavy (non-hydrogen) atoms. The number of hydrogen-bond donors (Lipinski definition) is 1. The van der Waals surface area contributed by atoms with Crippen molar-refractivity contribution in [3.05, 3.63) is 47.3 Å². The Balaban J connectivity index is 1.93. The van der Waals surface area contributed by atoms with Gasteiger partial charge in [-0.1, -0.05) is 13.0 Å². The largest absolute Gasteiger partial charge is 0.370 e. The highest BCUT2D eigenvalue weighted by atomic mass is 32.2. The van der Waals surface area contributed by atoms with Crippen molar-refractivity contribution in [2.45, 2.75) is 38.0 Å². The quantitative estimate of drug-likeness (QED) is 0.808. The summed E-state index contributed by atoms with van der Waals surface area (Å²) in [7, 11) is 0. The molecule has 0 saturated heterocycles. The zero-order valence-corrected chi connectivity index (χ0v) is 13.1. The molecule has 2 aromatic heterocycles. The van der Waals surface area contributed by atoms with Crippen LogP contribution in [0.5, 0.6) is 0 Å². The van der Waals surface area contributed by atoms with Crippen LogP contribution in [0.25, 0.3) is 0 Å². The third kappa shape index (κ3) is 4.53. The van der Waals surface area contributed by atoms with Crippen LogP contribution in [0, 0.1) is 13.8 Å². The molecule has 0 bridgehead atoms. The molecule has 4 heteroatoms. The number of rotatable bonds is 6. The van der Waals surface area contributed by atoms with Gasteiger partial charge in [-0.15, -0.1) is 11.8 Å². The number of thioether (sulfide) groups is 1. The predicted octanol–water partition coefficient (Wildman–Crippen LogP) is 4.21. The summed E-state index contributed by atoms with van der Waals surface area (Å²) in [5.74, 6) is 1.85. The number of aromatic nitrogens is 2. The number of nitrogens with one attached hydrogen (secondary N) is 1. The molecule has 0 aliphatic rings. The fourth-order valence-electron chi connectivity index (χ4n) is 1.90. The first-order chi connectivity index (χ1) is 9.67. The van der Waals surface area contributed by atoms with Crippen LogP contribution in [-0.2, 0) is 5.75 Å². The highest BCUT2D eigenvalue weighted by molar-refractivity contribution is 7.98. The molecule has 0 fully saturated rings. The Morgan fingerprint density at radius 3 is 2.70 bits per heavy atom. The first-order valence-electron chi connectivity index (χ1n) is 6.94. The maximum Gasteiger partial charge on any atom is 0.125 e. The Bertz CT molecular complexity index is 532. The number of nitrogens with zero attached hydrogens (tertiary/aromatic N) is 2. The SMILES string of the molecule is CCCNc1ccc(CSc2cc(C)cc(C)n2)cn1. The second kappa shape index (κ2) is 7.29. The normalized spacial score (nSPS) is 10.6. The highest BCUT2D eigenvalue weighted by Crippen LogP contribution is 2.22. The van der Waals surface area contributed by atoms with Crippen LogP contribution in [0.2, 0.25) is 0 Å². The maximum atomic E-state index is 4.54. The van der Waals surface area contributed by atoms with Gasteiger partial charge >= 0.3 is 0 Å². The number of pyridine rings is 2. The van der Waals surface area contributed by atoms with Crippen molar-refractivity contribution in [2.75, 3.05) is 11.9 Å². The van der Waals surface area contributed by atoms with Gasteiger partial charge in [0.2, 0.25) is 0 Å². The standard InChI is InChI=1S/C16H21N3S/c1-4-7-17-15-6-5-14(10-18-15)11-20-16-9-12(2)8-13(3)19-16/h5-6,8-10H,4,7,11H2,1-3H3,(H,17,18). The minimum atomic E-state index is 0.900. The van der Waals surface area contributed by atoms with Gasteiger partial charge in [0.15, 0.2) is 0 Å². The molecule has 0 radical (unpaired) electrons. The maximum absolute atomic E-state index is 4.54. The third-order valence-electron chi connectivity index (χ3n) is 2.84. The minimum absolute atomic E-state index is 0.900. The van der Waals surface area contributed by atoms with Gasteiger partial charge in [-0.05, 0) is 49.6 Å². The molecule has 2 rings (SSSR count). The van der Waals surface area contributed by atoms with Crippen molar-refractivity contribution in [1.29, 1.82) is 0 Å². The van der Waals surface area contributed by atoms with E-state index in [1.165, 1.54) is 11.1 Å². The third-order valence-corrected chi connectivity index (χ3v) is 3.82. The van der Waals surface area contributed by atoms with Crippen molar-refractivity contribution < 1.29 is 0 Å². The molecule has 2 aromatic rings. The van der Waals surface area contributed by atoms with E-state index < -0.39 is 0 Å². The lowest BCUT2D eigenvalue weighted by molar-refractivity contribution is 0.968. The molecule has 0 amide bonds. The number of aryl methyl sites for hydroxylation is 2. The van der Waals surface area contributed by atoms with Gasteiger partial charge in [0.1, 0.15) is 5.82 Å². The summed E-state index contributed by atoms with van der Waals surface area (Å²) in [4.78, 5) is 8.96. The molecular formula is C16H21N3S. The molecule has 106 valence electrons.